The zero-order chi connectivity index (χ0) is 10.3. The van der Waals surface area contributed by atoms with E-state index in [0.717, 1.165) is 6.42 Å². The van der Waals surface area contributed by atoms with Crippen LogP contribution in [0.5, 0.6) is 0 Å². The van der Waals surface area contributed by atoms with E-state index in [4.69, 9.17) is 0 Å². The van der Waals surface area contributed by atoms with Crippen molar-refractivity contribution in [1.29, 1.82) is 0 Å². The van der Waals surface area contributed by atoms with E-state index in [1.54, 1.807) is 13.8 Å². The molecule has 0 aromatic carbocycles. The number of hydrogen-bond donors (Lipinski definition) is 0. The highest BCUT2D eigenvalue weighted by Crippen LogP contribution is 1.97. The van der Waals surface area contributed by atoms with Gasteiger partial charge in [-0.1, -0.05) is 20.8 Å². The Labute approximate surface area is 78.2 Å². The van der Waals surface area contributed by atoms with E-state index in [1.807, 2.05) is 6.92 Å². The summed E-state index contributed by atoms with van der Waals surface area (Å²) < 4.78 is 9.26. The van der Waals surface area contributed by atoms with Gasteiger partial charge in [0.15, 0.2) is 0 Å². The molecule has 0 amide bonds. The Balaban J connectivity index is 3.45. The van der Waals surface area contributed by atoms with E-state index in [1.165, 1.54) is 0 Å². The molecule has 0 aromatic heterocycles. The van der Waals surface area contributed by atoms with E-state index in [-0.39, 0.29) is 24.6 Å². The number of ether oxygens (including phenoxy) is 2. The Morgan fingerprint density at radius 2 is 1.85 bits per heavy atom. The number of esters is 2. The van der Waals surface area contributed by atoms with Gasteiger partial charge in [-0.25, -0.2) is 0 Å². The largest absolute Gasteiger partial charge is 0.428 e. The van der Waals surface area contributed by atoms with Crippen LogP contribution >= 0.6 is 0 Å². The molecule has 0 bridgehead atoms. The highest BCUT2D eigenvalue weighted by atomic mass is 16.7. The summed E-state index contributed by atoms with van der Waals surface area (Å²) in [5, 5.41) is 0. The summed E-state index contributed by atoms with van der Waals surface area (Å²) in [7, 11) is 0. The van der Waals surface area contributed by atoms with Gasteiger partial charge in [0.2, 0.25) is 6.79 Å². The van der Waals surface area contributed by atoms with Gasteiger partial charge < -0.3 is 9.47 Å². The van der Waals surface area contributed by atoms with Crippen LogP contribution < -0.4 is 0 Å². The molecule has 0 spiro atoms. The van der Waals surface area contributed by atoms with Gasteiger partial charge in [0, 0.05) is 6.42 Å². The molecule has 0 fully saturated rings. The van der Waals surface area contributed by atoms with E-state index >= 15 is 0 Å². The molecule has 0 saturated carbocycles. The van der Waals surface area contributed by atoms with Gasteiger partial charge in [-0.3, -0.25) is 9.59 Å². The fourth-order valence-corrected chi connectivity index (χ4v) is 0.596. The topological polar surface area (TPSA) is 52.6 Å². The van der Waals surface area contributed by atoms with Crippen LogP contribution in [0.25, 0.3) is 0 Å². The van der Waals surface area contributed by atoms with Crippen LogP contribution in [-0.2, 0) is 19.1 Å². The maximum absolute atomic E-state index is 10.9. The molecule has 0 saturated heterocycles. The monoisotopic (exact) mass is 188 g/mol. The first-order valence-electron chi connectivity index (χ1n) is 4.40. The van der Waals surface area contributed by atoms with Crippen LogP contribution in [0.4, 0.5) is 0 Å². The second kappa shape index (κ2) is 6.46. The third-order valence-electron chi connectivity index (χ3n) is 1.35. The Hall–Kier alpha value is -1.06. The predicted molar refractivity (Wildman–Crippen MR) is 46.8 cm³/mol. The third kappa shape index (κ3) is 6.13. The SMILES string of the molecule is CCCC(=O)OCOC(=O)C(C)C. The Morgan fingerprint density at radius 3 is 2.31 bits per heavy atom. The summed E-state index contributed by atoms with van der Waals surface area (Å²) in [6.45, 7) is 5.05. The van der Waals surface area contributed by atoms with E-state index in [0.29, 0.717) is 6.42 Å². The second-order valence-electron chi connectivity index (χ2n) is 3.00. The van der Waals surface area contributed by atoms with Crippen molar-refractivity contribution in [3.8, 4) is 0 Å². The summed E-state index contributed by atoms with van der Waals surface area (Å²) in [5.74, 6) is -0.881. The van der Waals surface area contributed by atoms with Crippen molar-refractivity contribution in [3.05, 3.63) is 0 Å². The van der Waals surface area contributed by atoms with Crippen molar-refractivity contribution in [3.63, 3.8) is 0 Å². The van der Waals surface area contributed by atoms with Crippen LogP contribution in [0.2, 0.25) is 0 Å². The lowest BCUT2D eigenvalue weighted by atomic mass is 10.2. The van der Waals surface area contributed by atoms with Gasteiger partial charge in [-0.15, -0.1) is 0 Å². The zero-order valence-corrected chi connectivity index (χ0v) is 8.33. The van der Waals surface area contributed by atoms with Gasteiger partial charge in [-0.05, 0) is 6.42 Å². The Kier molecular flexibility index (Phi) is 5.93. The molecule has 0 N–H and O–H groups in total. The van der Waals surface area contributed by atoms with Crippen LogP contribution in [0.1, 0.15) is 33.6 Å². The zero-order valence-electron chi connectivity index (χ0n) is 8.33. The van der Waals surface area contributed by atoms with E-state index in [2.05, 4.69) is 9.47 Å². The first kappa shape index (κ1) is 11.9. The number of hydrogen-bond acceptors (Lipinski definition) is 4. The molecular formula is C9H16O4. The van der Waals surface area contributed by atoms with Gasteiger partial charge in [0.25, 0.3) is 0 Å². The summed E-state index contributed by atoms with van der Waals surface area (Å²) in [5.41, 5.74) is 0. The molecule has 0 aromatic rings. The molecule has 0 aliphatic carbocycles. The first-order chi connectivity index (χ1) is 6.07. The molecule has 0 aliphatic heterocycles. The lowest BCUT2D eigenvalue weighted by Crippen LogP contribution is -2.16. The Bertz CT molecular complexity index is 174. The molecule has 0 heterocycles. The summed E-state index contributed by atoms with van der Waals surface area (Å²) in [6, 6.07) is 0. The van der Waals surface area contributed by atoms with Crippen molar-refractivity contribution >= 4 is 11.9 Å². The van der Waals surface area contributed by atoms with E-state index < -0.39 is 0 Å². The van der Waals surface area contributed by atoms with Crippen molar-refractivity contribution in [1.82, 2.24) is 0 Å². The molecule has 4 nitrogen and oxygen atoms in total. The van der Waals surface area contributed by atoms with Gasteiger partial charge in [0.05, 0.1) is 5.92 Å². The van der Waals surface area contributed by atoms with Crippen LogP contribution in [0.15, 0.2) is 0 Å². The van der Waals surface area contributed by atoms with Crippen molar-refractivity contribution < 1.29 is 19.1 Å². The fraction of sp³-hybridized carbons (Fsp3) is 0.778. The highest BCUT2D eigenvalue weighted by molar-refractivity contribution is 5.72. The maximum Gasteiger partial charge on any atom is 0.311 e. The maximum atomic E-state index is 10.9. The molecule has 0 radical (unpaired) electrons. The lowest BCUT2D eigenvalue weighted by molar-refractivity contribution is -0.169. The van der Waals surface area contributed by atoms with Gasteiger partial charge in [0.1, 0.15) is 0 Å². The lowest BCUT2D eigenvalue weighted by Gasteiger charge is -2.07. The van der Waals surface area contributed by atoms with E-state index in [9.17, 15) is 9.59 Å². The third-order valence-corrected chi connectivity index (χ3v) is 1.35. The molecular weight excluding hydrogens is 172 g/mol. The molecule has 0 aliphatic rings. The van der Waals surface area contributed by atoms with Crippen LogP contribution in [-0.4, -0.2) is 18.7 Å². The average Bonchev–Trinajstić information content (AvgIpc) is 2.04. The minimum absolute atomic E-state index is 0.190. The summed E-state index contributed by atoms with van der Waals surface area (Å²) in [4.78, 5) is 21.6. The molecule has 0 rings (SSSR count). The van der Waals surface area contributed by atoms with Crippen LogP contribution in [0, 0.1) is 5.92 Å². The quantitative estimate of drug-likeness (QED) is 0.484. The Morgan fingerprint density at radius 1 is 1.23 bits per heavy atom. The van der Waals surface area contributed by atoms with Crippen molar-refractivity contribution in [2.24, 2.45) is 5.92 Å². The molecule has 76 valence electrons. The standard InChI is InChI=1S/C9H16O4/c1-4-5-8(10)12-6-13-9(11)7(2)3/h7H,4-6H2,1-3H3. The number of carbonyl (C=O) groups is 2. The van der Waals surface area contributed by atoms with Crippen molar-refractivity contribution in [2.45, 2.75) is 33.6 Å². The first-order valence-corrected chi connectivity index (χ1v) is 4.40. The van der Waals surface area contributed by atoms with Gasteiger partial charge >= 0.3 is 11.9 Å². The van der Waals surface area contributed by atoms with Crippen molar-refractivity contribution in [2.75, 3.05) is 6.79 Å². The van der Waals surface area contributed by atoms with Gasteiger partial charge in [-0.2, -0.15) is 0 Å². The average molecular weight is 188 g/mol. The van der Waals surface area contributed by atoms with Crippen LogP contribution in [0.3, 0.4) is 0 Å². The second-order valence-corrected chi connectivity index (χ2v) is 3.00. The number of rotatable bonds is 5. The summed E-state index contributed by atoms with van der Waals surface area (Å²) >= 11 is 0. The molecule has 13 heavy (non-hydrogen) atoms. The minimum atomic E-state index is -0.357. The minimum Gasteiger partial charge on any atom is -0.428 e. The predicted octanol–water partition coefficient (Wildman–Crippen LogP) is 1.49. The normalized spacial score (nSPS) is 9.85. The number of carbonyl (C=O) groups excluding carboxylic acids is 2. The summed E-state index contributed by atoms with van der Waals surface area (Å²) in [6.07, 6.45) is 1.09. The molecule has 0 atom stereocenters. The molecule has 0 unspecified atom stereocenters. The fourth-order valence-electron chi connectivity index (χ4n) is 0.596. The molecule has 4 heteroatoms. The smallest absolute Gasteiger partial charge is 0.311 e. The highest BCUT2D eigenvalue weighted by Gasteiger charge is 2.08.